The van der Waals surface area contributed by atoms with Crippen LogP contribution in [0.2, 0.25) is 0 Å². The number of anilines is 1. The smallest absolute Gasteiger partial charge is 0.257 e. The first-order valence-corrected chi connectivity index (χ1v) is 6.45. The molecule has 1 fully saturated rings. The Labute approximate surface area is 121 Å². The van der Waals surface area contributed by atoms with E-state index >= 15 is 0 Å². The molecule has 0 saturated carbocycles. The lowest BCUT2D eigenvalue weighted by atomic mass is 9.96. The lowest BCUT2D eigenvalue weighted by Crippen LogP contribution is -2.43. The highest BCUT2D eigenvalue weighted by Gasteiger charge is 2.50. The van der Waals surface area contributed by atoms with Crippen LogP contribution in [0.1, 0.15) is 6.92 Å². The Morgan fingerprint density at radius 3 is 2.38 bits per heavy atom. The quantitative estimate of drug-likeness (QED) is 0.663. The molecule has 2 unspecified atom stereocenters. The SMILES string of the molecule is CC1C(=O)N(N(C)C)C(=O)C1C(=O)Nc1ccccc1F. The Balaban J connectivity index is 2.22. The molecule has 1 aliphatic rings. The van der Waals surface area contributed by atoms with Crippen LogP contribution in [0.3, 0.4) is 0 Å². The van der Waals surface area contributed by atoms with Crippen LogP contribution < -0.4 is 5.32 Å². The summed E-state index contributed by atoms with van der Waals surface area (Å²) in [6.45, 7) is 1.51. The van der Waals surface area contributed by atoms with Gasteiger partial charge in [0.1, 0.15) is 11.7 Å². The highest BCUT2D eigenvalue weighted by molar-refractivity contribution is 6.17. The van der Waals surface area contributed by atoms with Gasteiger partial charge >= 0.3 is 0 Å². The van der Waals surface area contributed by atoms with E-state index in [2.05, 4.69) is 5.32 Å². The number of imide groups is 1. The summed E-state index contributed by atoms with van der Waals surface area (Å²) in [5.74, 6) is -4.27. The van der Waals surface area contributed by atoms with Gasteiger partial charge in [-0.05, 0) is 12.1 Å². The lowest BCUT2D eigenvalue weighted by molar-refractivity contribution is -0.154. The molecule has 1 saturated heterocycles. The number of amides is 3. The molecular weight excluding hydrogens is 277 g/mol. The van der Waals surface area contributed by atoms with Gasteiger partial charge in [0.2, 0.25) is 11.8 Å². The molecule has 6 nitrogen and oxygen atoms in total. The van der Waals surface area contributed by atoms with Crippen molar-refractivity contribution in [2.24, 2.45) is 11.8 Å². The summed E-state index contributed by atoms with van der Waals surface area (Å²) >= 11 is 0. The molecule has 0 spiro atoms. The van der Waals surface area contributed by atoms with Crippen molar-refractivity contribution in [2.75, 3.05) is 19.4 Å². The summed E-state index contributed by atoms with van der Waals surface area (Å²) in [5.41, 5.74) is -0.0155. The Hall–Kier alpha value is -2.28. The zero-order valence-corrected chi connectivity index (χ0v) is 12.0. The zero-order chi connectivity index (χ0) is 15.7. The Morgan fingerprint density at radius 2 is 1.86 bits per heavy atom. The highest BCUT2D eigenvalue weighted by Crippen LogP contribution is 2.28. The second-order valence-electron chi connectivity index (χ2n) is 5.07. The number of nitrogens with one attached hydrogen (secondary N) is 1. The summed E-state index contributed by atoms with van der Waals surface area (Å²) in [6.07, 6.45) is 0. The fourth-order valence-electron chi connectivity index (χ4n) is 2.30. The van der Waals surface area contributed by atoms with Crippen molar-refractivity contribution < 1.29 is 18.8 Å². The maximum atomic E-state index is 13.5. The fraction of sp³-hybridized carbons (Fsp3) is 0.357. The first-order valence-electron chi connectivity index (χ1n) is 6.45. The van der Waals surface area contributed by atoms with Crippen molar-refractivity contribution in [3.8, 4) is 0 Å². The van der Waals surface area contributed by atoms with Crippen LogP contribution in [0, 0.1) is 17.7 Å². The van der Waals surface area contributed by atoms with Crippen molar-refractivity contribution in [1.29, 1.82) is 0 Å². The van der Waals surface area contributed by atoms with Gasteiger partial charge in [-0.3, -0.25) is 14.4 Å². The Bertz CT molecular complexity index is 603. The molecule has 0 radical (unpaired) electrons. The van der Waals surface area contributed by atoms with E-state index < -0.39 is 35.4 Å². The van der Waals surface area contributed by atoms with E-state index in [4.69, 9.17) is 0 Å². The lowest BCUT2D eigenvalue weighted by Gasteiger charge is -2.21. The molecule has 1 aromatic carbocycles. The van der Waals surface area contributed by atoms with Crippen LogP contribution in [0.15, 0.2) is 24.3 Å². The molecule has 0 bridgehead atoms. The van der Waals surface area contributed by atoms with Crippen LogP contribution in [0.5, 0.6) is 0 Å². The third kappa shape index (κ3) is 2.64. The fourth-order valence-corrected chi connectivity index (χ4v) is 2.30. The van der Waals surface area contributed by atoms with Gasteiger partial charge in [0, 0.05) is 14.1 Å². The Kier molecular flexibility index (Phi) is 4.04. The summed E-state index contributed by atoms with van der Waals surface area (Å²) in [4.78, 5) is 36.4. The third-order valence-corrected chi connectivity index (χ3v) is 3.39. The molecule has 0 aliphatic carbocycles. The molecule has 112 valence electrons. The summed E-state index contributed by atoms with van der Waals surface area (Å²) in [7, 11) is 3.08. The van der Waals surface area contributed by atoms with Gasteiger partial charge in [-0.1, -0.05) is 19.1 Å². The van der Waals surface area contributed by atoms with Gasteiger partial charge in [0.25, 0.3) is 5.91 Å². The maximum absolute atomic E-state index is 13.5. The molecule has 21 heavy (non-hydrogen) atoms. The highest BCUT2D eigenvalue weighted by atomic mass is 19.1. The molecule has 1 aliphatic heterocycles. The van der Waals surface area contributed by atoms with Gasteiger partial charge in [0.15, 0.2) is 0 Å². The van der Waals surface area contributed by atoms with Crippen LogP contribution in [0.25, 0.3) is 0 Å². The molecule has 1 heterocycles. The minimum absolute atomic E-state index is 0.0155. The number of rotatable bonds is 3. The van der Waals surface area contributed by atoms with E-state index in [1.54, 1.807) is 20.2 Å². The number of carbonyl (C=O) groups is 3. The number of hydrogen-bond donors (Lipinski definition) is 1. The number of benzene rings is 1. The van der Waals surface area contributed by atoms with E-state index in [1.165, 1.54) is 30.1 Å². The van der Waals surface area contributed by atoms with Gasteiger partial charge in [-0.25, -0.2) is 14.4 Å². The van der Waals surface area contributed by atoms with E-state index in [0.717, 1.165) is 5.01 Å². The number of hydrazine groups is 1. The standard InChI is InChI=1S/C14H16FN3O3/c1-8-11(14(21)18(13(8)20)17(2)3)12(19)16-10-7-5-4-6-9(10)15/h4-8,11H,1-3H3,(H,16,19). The van der Waals surface area contributed by atoms with Crippen LogP contribution in [0.4, 0.5) is 10.1 Å². The molecule has 7 heteroatoms. The first kappa shape index (κ1) is 15.1. The minimum Gasteiger partial charge on any atom is -0.323 e. The van der Waals surface area contributed by atoms with Crippen molar-refractivity contribution in [3.05, 3.63) is 30.1 Å². The third-order valence-electron chi connectivity index (χ3n) is 3.39. The molecule has 1 N–H and O–H groups in total. The number of halogens is 1. The number of nitrogens with zero attached hydrogens (tertiary/aromatic N) is 2. The first-order chi connectivity index (χ1) is 9.84. The normalized spacial score (nSPS) is 22.0. The van der Waals surface area contributed by atoms with Gasteiger partial charge < -0.3 is 5.32 Å². The summed E-state index contributed by atoms with van der Waals surface area (Å²) < 4.78 is 13.5. The maximum Gasteiger partial charge on any atom is 0.257 e. The second kappa shape index (κ2) is 5.61. The van der Waals surface area contributed by atoms with E-state index in [9.17, 15) is 18.8 Å². The minimum atomic E-state index is -1.15. The number of hydrogen-bond acceptors (Lipinski definition) is 4. The van der Waals surface area contributed by atoms with Crippen LogP contribution in [-0.2, 0) is 14.4 Å². The van der Waals surface area contributed by atoms with E-state index in [-0.39, 0.29) is 5.69 Å². The van der Waals surface area contributed by atoms with Crippen molar-refractivity contribution in [1.82, 2.24) is 10.0 Å². The largest absolute Gasteiger partial charge is 0.323 e. The molecule has 3 amide bonds. The predicted molar refractivity (Wildman–Crippen MR) is 73.2 cm³/mol. The second-order valence-corrected chi connectivity index (χ2v) is 5.07. The van der Waals surface area contributed by atoms with Crippen LogP contribution >= 0.6 is 0 Å². The number of carbonyl (C=O) groups excluding carboxylic acids is 3. The summed E-state index contributed by atoms with van der Waals surface area (Å²) in [5, 5.41) is 4.62. The van der Waals surface area contributed by atoms with Crippen LogP contribution in [-0.4, -0.2) is 41.8 Å². The summed E-state index contributed by atoms with van der Waals surface area (Å²) in [6, 6.07) is 5.65. The zero-order valence-electron chi connectivity index (χ0n) is 12.0. The average molecular weight is 293 g/mol. The van der Waals surface area contributed by atoms with E-state index in [1.807, 2.05) is 0 Å². The van der Waals surface area contributed by atoms with Gasteiger partial charge in [-0.2, -0.15) is 0 Å². The Morgan fingerprint density at radius 1 is 1.24 bits per heavy atom. The van der Waals surface area contributed by atoms with Crippen molar-refractivity contribution in [3.63, 3.8) is 0 Å². The molecule has 2 atom stereocenters. The molecule has 0 aromatic heterocycles. The van der Waals surface area contributed by atoms with E-state index in [0.29, 0.717) is 0 Å². The van der Waals surface area contributed by atoms with Crippen molar-refractivity contribution >= 4 is 23.4 Å². The topological polar surface area (TPSA) is 69.7 Å². The number of para-hydroxylation sites is 1. The van der Waals surface area contributed by atoms with Gasteiger partial charge in [0.05, 0.1) is 11.6 Å². The van der Waals surface area contributed by atoms with Gasteiger partial charge in [-0.15, -0.1) is 0 Å². The molecule has 2 rings (SSSR count). The molecular formula is C14H16FN3O3. The molecule has 1 aromatic rings. The average Bonchev–Trinajstić information content (AvgIpc) is 2.63. The monoisotopic (exact) mass is 293 g/mol. The van der Waals surface area contributed by atoms with Crippen molar-refractivity contribution in [2.45, 2.75) is 6.92 Å². The predicted octanol–water partition coefficient (Wildman–Crippen LogP) is 0.862.